The third-order valence-corrected chi connectivity index (χ3v) is 4.12. The minimum absolute atomic E-state index is 0.252. The Labute approximate surface area is 157 Å². The van der Waals surface area contributed by atoms with E-state index in [1.54, 1.807) is 29.5 Å². The molecule has 1 N–H and O–H groups in total. The molecule has 1 aromatic heterocycles. The van der Waals surface area contributed by atoms with Gasteiger partial charge in [0.2, 0.25) is 0 Å². The number of esters is 1. The first-order chi connectivity index (χ1) is 12.6. The largest absolute Gasteiger partial charge is 0.490 e. The molecule has 1 amide bonds. The van der Waals surface area contributed by atoms with Gasteiger partial charge in [-0.3, -0.25) is 9.59 Å². The van der Waals surface area contributed by atoms with Crippen molar-refractivity contribution in [2.45, 2.75) is 26.7 Å². The molecular weight excluding hydrogens is 354 g/mol. The summed E-state index contributed by atoms with van der Waals surface area (Å²) in [6.07, 6.45) is 0.863. The van der Waals surface area contributed by atoms with Crippen molar-refractivity contribution in [1.82, 2.24) is 0 Å². The number of carbonyl (C=O) groups is 2. The summed E-state index contributed by atoms with van der Waals surface area (Å²) in [6.45, 7) is 4.45. The highest BCUT2D eigenvalue weighted by Gasteiger charge is 2.11. The van der Waals surface area contributed by atoms with E-state index in [0.717, 1.165) is 5.56 Å². The molecule has 2 rings (SSSR count). The number of hydrogen-bond donors (Lipinski definition) is 1. The van der Waals surface area contributed by atoms with Crippen LogP contribution in [0.15, 0.2) is 35.0 Å². The van der Waals surface area contributed by atoms with Gasteiger partial charge in [0, 0.05) is 18.2 Å². The lowest BCUT2D eigenvalue weighted by molar-refractivity contribution is -0.147. The average Bonchev–Trinajstić information content (AvgIpc) is 3.14. The van der Waals surface area contributed by atoms with Gasteiger partial charge in [-0.05, 0) is 54.8 Å². The summed E-state index contributed by atoms with van der Waals surface area (Å²) in [5.74, 6) is 0.376. The first-order valence-electron chi connectivity index (χ1n) is 8.48. The number of hydrogen-bond acceptors (Lipinski definition) is 6. The Bertz CT molecular complexity index is 715. The summed E-state index contributed by atoms with van der Waals surface area (Å²) < 4.78 is 16.0. The molecule has 0 aliphatic carbocycles. The standard InChI is InChI=1S/C19H23NO5S/c1-3-23-16-7-6-15(11-17(16)24-4-2)20-18(21)12-25-19(22)8-5-14-9-10-26-13-14/h6-7,9-11,13H,3-5,8,12H2,1-2H3,(H,20,21). The first-order valence-corrected chi connectivity index (χ1v) is 9.42. The minimum atomic E-state index is -0.402. The highest BCUT2D eigenvalue weighted by atomic mass is 32.1. The summed E-state index contributed by atoms with van der Waals surface area (Å²) in [6, 6.07) is 7.10. The molecule has 1 heterocycles. The van der Waals surface area contributed by atoms with Crippen molar-refractivity contribution in [3.63, 3.8) is 0 Å². The van der Waals surface area contributed by atoms with Crippen LogP contribution in [-0.2, 0) is 20.7 Å². The summed E-state index contributed by atoms with van der Waals surface area (Å²) in [7, 11) is 0. The second kappa shape index (κ2) is 10.5. The van der Waals surface area contributed by atoms with Crippen LogP contribution in [0.4, 0.5) is 5.69 Å². The predicted octanol–water partition coefficient (Wildman–Crippen LogP) is 3.66. The molecule has 0 atom stereocenters. The van der Waals surface area contributed by atoms with Crippen LogP contribution in [0.25, 0.3) is 0 Å². The fourth-order valence-corrected chi connectivity index (χ4v) is 2.93. The number of carbonyl (C=O) groups excluding carboxylic acids is 2. The van der Waals surface area contributed by atoms with E-state index in [-0.39, 0.29) is 13.0 Å². The van der Waals surface area contributed by atoms with Crippen molar-refractivity contribution >= 4 is 28.9 Å². The topological polar surface area (TPSA) is 73.9 Å². The fourth-order valence-electron chi connectivity index (χ4n) is 2.23. The molecule has 7 heteroatoms. The van der Waals surface area contributed by atoms with Crippen molar-refractivity contribution in [2.75, 3.05) is 25.1 Å². The Balaban J connectivity index is 1.81. The van der Waals surface area contributed by atoms with Gasteiger partial charge < -0.3 is 19.5 Å². The van der Waals surface area contributed by atoms with Crippen LogP contribution in [0.1, 0.15) is 25.8 Å². The molecule has 0 unspecified atom stereocenters. The number of amides is 1. The minimum Gasteiger partial charge on any atom is -0.490 e. The SMILES string of the molecule is CCOc1ccc(NC(=O)COC(=O)CCc2ccsc2)cc1OCC. The fraction of sp³-hybridized carbons (Fsp3) is 0.368. The van der Waals surface area contributed by atoms with E-state index < -0.39 is 11.9 Å². The van der Waals surface area contributed by atoms with Crippen LogP contribution in [0.2, 0.25) is 0 Å². The monoisotopic (exact) mass is 377 g/mol. The zero-order valence-electron chi connectivity index (χ0n) is 14.9. The van der Waals surface area contributed by atoms with E-state index in [0.29, 0.717) is 36.8 Å². The predicted molar refractivity (Wildman–Crippen MR) is 101 cm³/mol. The molecule has 0 saturated heterocycles. The quantitative estimate of drug-likeness (QED) is 0.640. The van der Waals surface area contributed by atoms with Crippen LogP contribution in [0.5, 0.6) is 11.5 Å². The second-order valence-corrected chi connectivity index (χ2v) is 6.15. The molecule has 0 aliphatic heterocycles. The molecule has 6 nitrogen and oxygen atoms in total. The van der Waals surface area contributed by atoms with Gasteiger partial charge in [0.25, 0.3) is 5.91 Å². The van der Waals surface area contributed by atoms with Gasteiger partial charge >= 0.3 is 5.97 Å². The van der Waals surface area contributed by atoms with E-state index in [1.807, 2.05) is 30.7 Å². The van der Waals surface area contributed by atoms with Gasteiger partial charge in [0.15, 0.2) is 18.1 Å². The van der Waals surface area contributed by atoms with Gasteiger partial charge in [-0.15, -0.1) is 0 Å². The lowest BCUT2D eigenvalue weighted by Gasteiger charge is -2.13. The van der Waals surface area contributed by atoms with Crippen molar-refractivity contribution < 1.29 is 23.8 Å². The van der Waals surface area contributed by atoms with Gasteiger partial charge in [0.05, 0.1) is 13.2 Å². The van der Waals surface area contributed by atoms with E-state index >= 15 is 0 Å². The number of rotatable bonds is 10. The molecule has 2 aromatic rings. The van der Waals surface area contributed by atoms with Gasteiger partial charge in [-0.1, -0.05) is 0 Å². The molecule has 0 radical (unpaired) electrons. The molecule has 0 aliphatic rings. The van der Waals surface area contributed by atoms with Crippen molar-refractivity contribution in [1.29, 1.82) is 0 Å². The zero-order chi connectivity index (χ0) is 18.8. The number of nitrogens with one attached hydrogen (secondary N) is 1. The highest BCUT2D eigenvalue weighted by molar-refractivity contribution is 7.07. The summed E-state index contributed by atoms with van der Waals surface area (Å²) in [5.41, 5.74) is 1.64. The molecule has 0 spiro atoms. The van der Waals surface area contributed by atoms with Crippen LogP contribution >= 0.6 is 11.3 Å². The molecule has 26 heavy (non-hydrogen) atoms. The van der Waals surface area contributed by atoms with Crippen molar-refractivity contribution in [2.24, 2.45) is 0 Å². The normalized spacial score (nSPS) is 10.2. The maximum absolute atomic E-state index is 12.0. The maximum Gasteiger partial charge on any atom is 0.306 e. The molecule has 1 aromatic carbocycles. The number of ether oxygens (including phenoxy) is 3. The van der Waals surface area contributed by atoms with Gasteiger partial charge in [-0.25, -0.2) is 0 Å². The van der Waals surface area contributed by atoms with Crippen LogP contribution in [-0.4, -0.2) is 31.7 Å². The first kappa shape index (κ1) is 19.8. The highest BCUT2D eigenvalue weighted by Crippen LogP contribution is 2.30. The number of anilines is 1. The number of aryl methyl sites for hydroxylation is 1. The molecule has 0 saturated carbocycles. The number of benzene rings is 1. The average molecular weight is 377 g/mol. The Kier molecular flexibility index (Phi) is 7.95. The molecular formula is C19H23NO5S. The van der Waals surface area contributed by atoms with E-state index in [9.17, 15) is 9.59 Å². The molecule has 0 fully saturated rings. The Morgan fingerprint density at radius 1 is 1.08 bits per heavy atom. The summed E-state index contributed by atoms with van der Waals surface area (Å²) >= 11 is 1.58. The third-order valence-electron chi connectivity index (χ3n) is 3.39. The lowest BCUT2D eigenvalue weighted by Crippen LogP contribution is -2.21. The number of thiophene rings is 1. The van der Waals surface area contributed by atoms with E-state index in [4.69, 9.17) is 14.2 Å². The van der Waals surface area contributed by atoms with E-state index in [2.05, 4.69) is 5.32 Å². The Morgan fingerprint density at radius 2 is 1.85 bits per heavy atom. The second-order valence-electron chi connectivity index (χ2n) is 5.37. The molecule has 0 bridgehead atoms. The smallest absolute Gasteiger partial charge is 0.306 e. The lowest BCUT2D eigenvalue weighted by atomic mass is 10.2. The van der Waals surface area contributed by atoms with Crippen molar-refractivity contribution in [3.05, 3.63) is 40.6 Å². The Hall–Kier alpha value is -2.54. The van der Waals surface area contributed by atoms with Crippen LogP contribution < -0.4 is 14.8 Å². The summed E-state index contributed by atoms with van der Waals surface area (Å²) in [5, 5.41) is 6.63. The summed E-state index contributed by atoms with van der Waals surface area (Å²) in [4.78, 5) is 23.7. The van der Waals surface area contributed by atoms with Crippen molar-refractivity contribution in [3.8, 4) is 11.5 Å². The van der Waals surface area contributed by atoms with Crippen LogP contribution in [0, 0.1) is 0 Å². The van der Waals surface area contributed by atoms with Gasteiger partial charge in [-0.2, -0.15) is 11.3 Å². The van der Waals surface area contributed by atoms with E-state index in [1.165, 1.54) is 0 Å². The molecule has 140 valence electrons. The third kappa shape index (κ3) is 6.40. The maximum atomic E-state index is 12.0. The van der Waals surface area contributed by atoms with Gasteiger partial charge in [0.1, 0.15) is 0 Å². The Morgan fingerprint density at radius 3 is 2.54 bits per heavy atom. The van der Waals surface area contributed by atoms with Crippen LogP contribution in [0.3, 0.4) is 0 Å². The zero-order valence-corrected chi connectivity index (χ0v) is 15.8.